The Hall–Kier alpha value is -1.90. The number of rotatable bonds is 3. The summed E-state index contributed by atoms with van der Waals surface area (Å²) in [7, 11) is 0. The van der Waals surface area contributed by atoms with Crippen molar-refractivity contribution in [3.8, 4) is 0 Å². The van der Waals surface area contributed by atoms with E-state index in [-0.39, 0.29) is 11.5 Å². The van der Waals surface area contributed by atoms with E-state index in [1.54, 1.807) is 6.33 Å². The van der Waals surface area contributed by atoms with E-state index in [4.69, 9.17) is 0 Å². The van der Waals surface area contributed by atoms with Gasteiger partial charge in [0.15, 0.2) is 0 Å². The van der Waals surface area contributed by atoms with E-state index in [9.17, 15) is 13.2 Å². The molecule has 1 aliphatic rings. The summed E-state index contributed by atoms with van der Waals surface area (Å²) in [4.78, 5) is 13.0. The lowest BCUT2D eigenvalue weighted by atomic mass is 9.97. The van der Waals surface area contributed by atoms with E-state index < -0.39 is 11.9 Å². The Labute approximate surface area is 144 Å². The number of hydrogen-bond acceptors (Lipinski definition) is 4. The van der Waals surface area contributed by atoms with Crippen LogP contribution >= 0.6 is 0 Å². The van der Waals surface area contributed by atoms with Crippen LogP contribution in [0.4, 0.5) is 13.2 Å². The minimum absolute atomic E-state index is 0.0316. The lowest BCUT2D eigenvalue weighted by Gasteiger charge is -2.32. The van der Waals surface area contributed by atoms with Crippen LogP contribution in [-0.4, -0.2) is 42.7 Å². The molecule has 0 radical (unpaired) electrons. The second-order valence-electron chi connectivity index (χ2n) is 7.51. The average molecular weight is 356 g/mol. The molecule has 0 saturated carbocycles. The van der Waals surface area contributed by atoms with Crippen molar-refractivity contribution in [2.45, 2.75) is 57.8 Å². The smallest absolute Gasteiger partial charge is 0.338 e. The number of piperidine rings is 1. The monoisotopic (exact) mass is 356 g/mol. The van der Waals surface area contributed by atoms with Gasteiger partial charge < -0.3 is 4.98 Å². The SMILES string of the molecule is CC(C)(C)n1ncnc1CN1CCC[C@@H](c2ncc(C(F)(F)F)[nH]2)C1. The standard InChI is InChI=1S/C16H23F3N6/c1-15(2,3)25-13(21-10-22-25)9-24-6-4-5-11(8-24)14-20-7-12(23-14)16(17,18)19/h7,10-11H,4-6,8-9H2,1-3H3,(H,20,23)/t11-/m1/s1. The Morgan fingerprint density at radius 2 is 2.00 bits per heavy atom. The lowest BCUT2D eigenvalue weighted by Crippen LogP contribution is -2.36. The van der Waals surface area contributed by atoms with Crippen LogP contribution in [-0.2, 0) is 18.3 Å². The van der Waals surface area contributed by atoms with Crippen molar-refractivity contribution in [1.82, 2.24) is 29.6 Å². The van der Waals surface area contributed by atoms with Gasteiger partial charge >= 0.3 is 6.18 Å². The highest BCUT2D eigenvalue weighted by Crippen LogP contribution is 2.31. The summed E-state index contributed by atoms with van der Waals surface area (Å²) in [6.07, 6.45) is -0.221. The van der Waals surface area contributed by atoms with E-state index in [1.807, 2.05) is 4.68 Å². The molecule has 1 saturated heterocycles. The molecule has 138 valence electrons. The number of nitrogens with one attached hydrogen (secondary N) is 1. The largest absolute Gasteiger partial charge is 0.432 e. The van der Waals surface area contributed by atoms with Gasteiger partial charge in [-0.2, -0.15) is 18.3 Å². The Morgan fingerprint density at radius 1 is 1.24 bits per heavy atom. The molecule has 0 amide bonds. The second kappa shape index (κ2) is 6.44. The molecule has 0 aliphatic carbocycles. The van der Waals surface area contributed by atoms with E-state index in [1.165, 1.54) is 0 Å². The van der Waals surface area contributed by atoms with Gasteiger partial charge in [-0.1, -0.05) is 0 Å². The molecule has 9 heteroatoms. The van der Waals surface area contributed by atoms with Gasteiger partial charge in [-0.3, -0.25) is 4.90 Å². The maximum atomic E-state index is 12.8. The fourth-order valence-corrected chi connectivity index (χ4v) is 3.24. The van der Waals surface area contributed by atoms with Crippen molar-refractivity contribution in [2.75, 3.05) is 13.1 Å². The number of aromatic nitrogens is 5. The van der Waals surface area contributed by atoms with Crippen molar-refractivity contribution in [2.24, 2.45) is 0 Å². The van der Waals surface area contributed by atoms with E-state index in [0.717, 1.165) is 31.4 Å². The molecule has 0 aromatic carbocycles. The van der Waals surface area contributed by atoms with Gasteiger partial charge in [0, 0.05) is 12.5 Å². The van der Waals surface area contributed by atoms with Crippen molar-refractivity contribution >= 4 is 0 Å². The Bertz CT molecular complexity index is 712. The summed E-state index contributed by atoms with van der Waals surface area (Å²) in [6, 6.07) is 0. The molecular weight excluding hydrogens is 333 g/mol. The molecular formula is C16H23F3N6. The van der Waals surface area contributed by atoms with Crippen LogP contribution in [0.2, 0.25) is 0 Å². The van der Waals surface area contributed by atoms with Crippen molar-refractivity contribution < 1.29 is 13.2 Å². The maximum Gasteiger partial charge on any atom is 0.432 e. The number of hydrogen-bond donors (Lipinski definition) is 1. The van der Waals surface area contributed by atoms with Crippen LogP contribution in [0.5, 0.6) is 0 Å². The Kier molecular flexibility index (Phi) is 4.61. The fourth-order valence-electron chi connectivity index (χ4n) is 3.24. The van der Waals surface area contributed by atoms with E-state index in [2.05, 4.69) is 45.7 Å². The molecule has 0 unspecified atom stereocenters. The normalized spacial score (nSPS) is 20.2. The van der Waals surface area contributed by atoms with Gasteiger partial charge in [0.2, 0.25) is 0 Å². The highest BCUT2D eigenvalue weighted by molar-refractivity contribution is 5.10. The lowest BCUT2D eigenvalue weighted by molar-refractivity contribution is -0.141. The zero-order chi connectivity index (χ0) is 18.2. The summed E-state index contributed by atoms with van der Waals surface area (Å²) in [5.41, 5.74) is -0.948. The molecule has 1 N–H and O–H groups in total. The van der Waals surface area contributed by atoms with Crippen LogP contribution in [0.1, 0.15) is 56.9 Å². The third-order valence-electron chi connectivity index (χ3n) is 4.41. The predicted octanol–water partition coefficient (Wildman–Crippen LogP) is 3.15. The number of H-pyrrole nitrogens is 1. The van der Waals surface area contributed by atoms with Crippen LogP contribution in [0.15, 0.2) is 12.5 Å². The van der Waals surface area contributed by atoms with Gasteiger partial charge in [-0.15, -0.1) is 0 Å². The number of alkyl halides is 3. The topological polar surface area (TPSA) is 62.6 Å². The molecule has 25 heavy (non-hydrogen) atoms. The zero-order valence-electron chi connectivity index (χ0n) is 14.6. The predicted molar refractivity (Wildman–Crippen MR) is 85.9 cm³/mol. The minimum Gasteiger partial charge on any atom is -0.338 e. The van der Waals surface area contributed by atoms with E-state index >= 15 is 0 Å². The third kappa shape index (κ3) is 4.02. The molecule has 1 atom stereocenters. The first-order valence-electron chi connectivity index (χ1n) is 8.38. The van der Waals surface area contributed by atoms with Crippen LogP contribution in [0.3, 0.4) is 0 Å². The second-order valence-corrected chi connectivity index (χ2v) is 7.51. The first kappa shape index (κ1) is 17.9. The number of halogens is 3. The number of aromatic amines is 1. The summed E-state index contributed by atoms with van der Waals surface area (Å²) in [5, 5.41) is 4.30. The van der Waals surface area contributed by atoms with Gasteiger partial charge in [0.05, 0.1) is 18.3 Å². The molecule has 6 nitrogen and oxygen atoms in total. The van der Waals surface area contributed by atoms with Crippen LogP contribution in [0.25, 0.3) is 0 Å². The molecule has 1 aliphatic heterocycles. The minimum atomic E-state index is -4.39. The van der Waals surface area contributed by atoms with Gasteiger partial charge in [0.1, 0.15) is 23.7 Å². The molecule has 1 fully saturated rings. The van der Waals surface area contributed by atoms with Crippen molar-refractivity contribution in [1.29, 1.82) is 0 Å². The van der Waals surface area contributed by atoms with Gasteiger partial charge in [-0.05, 0) is 40.2 Å². The Balaban J connectivity index is 1.70. The highest BCUT2D eigenvalue weighted by Gasteiger charge is 2.34. The van der Waals surface area contributed by atoms with Gasteiger partial charge in [-0.25, -0.2) is 14.6 Å². The average Bonchev–Trinajstić information content (AvgIpc) is 3.15. The highest BCUT2D eigenvalue weighted by atomic mass is 19.4. The van der Waals surface area contributed by atoms with Gasteiger partial charge in [0.25, 0.3) is 0 Å². The number of nitrogens with zero attached hydrogens (tertiary/aromatic N) is 5. The molecule has 2 aromatic heterocycles. The molecule has 3 rings (SSSR count). The van der Waals surface area contributed by atoms with Crippen LogP contribution < -0.4 is 0 Å². The number of imidazole rings is 1. The van der Waals surface area contributed by atoms with Crippen molar-refractivity contribution in [3.05, 3.63) is 29.9 Å². The summed E-state index contributed by atoms with van der Waals surface area (Å²) < 4.78 is 40.2. The molecule has 0 spiro atoms. The first-order chi connectivity index (χ1) is 11.6. The summed E-state index contributed by atoms with van der Waals surface area (Å²) in [6.45, 7) is 8.35. The maximum absolute atomic E-state index is 12.8. The first-order valence-corrected chi connectivity index (χ1v) is 8.38. The quantitative estimate of drug-likeness (QED) is 0.918. The molecule has 3 heterocycles. The number of likely N-dealkylation sites (tertiary alicyclic amines) is 1. The Morgan fingerprint density at radius 3 is 2.64 bits per heavy atom. The zero-order valence-corrected chi connectivity index (χ0v) is 14.6. The van der Waals surface area contributed by atoms with E-state index in [0.29, 0.717) is 18.9 Å². The molecule has 2 aromatic rings. The molecule has 0 bridgehead atoms. The summed E-state index contributed by atoms with van der Waals surface area (Å²) in [5.74, 6) is 1.24. The summed E-state index contributed by atoms with van der Waals surface area (Å²) >= 11 is 0. The third-order valence-corrected chi connectivity index (χ3v) is 4.41. The van der Waals surface area contributed by atoms with Crippen LogP contribution in [0, 0.1) is 0 Å². The van der Waals surface area contributed by atoms with Crippen molar-refractivity contribution in [3.63, 3.8) is 0 Å². The fraction of sp³-hybridized carbons (Fsp3) is 0.688.